The van der Waals surface area contributed by atoms with E-state index in [-0.39, 0.29) is 24.7 Å². The number of nitrogens with one attached hydrogen (secondary N) is 1. The Balaban J connectivity index is 2.40. The largest absolute Gasteiger partial charge is 0.477 e. The van der Waals surface area contributed by atoms with Crippen LogP contribution >= 0.6 is 0 Å². The molecule has 0 saturated heterocycles. The SMILES string of the molecule is C#CCNC(=O)Cn1c(C(=O)O)cc2ccccc21. The molecule has 1 aromatic carbocycles. The third-order valence-corrected chi connectivity index (χ3v) is 2.72. The summed E-state index contributed by atoms with van der Waals surface area (Å²) in [5.74, 6) is 0.909. The van der Waals surface area contributed by atoms with Gasteiger partial charge in [-0.1, -0.05) is 24.1 Å². The van der Waals surface area contributed by atoms with Crippen LogP contribution in [0.15, 0.2) is 30.3 Å². The highest BCUT2D eigenvalue weighted by Gasteiger charge is 2.16. The van der Waals surface area contributed by atoms with Crippen molar-refractivity contribution >= 4 is 22.8 Å². The van der Waals surface area contributed by atoms with Gasteiger partial charge in [0, 0.05) is 10.9 Å². The summed E-state index contributed by atoms with van der Waals surface area (Å²) in [4.78, 5) is 22.9. The fourth-order valence-electron chi connectivity index (χ4n) is 1.91. The molecule has 1 aromatic heterocycles. The third kappa shape index (κ3) is 2.58. The fourth-order valence-corrected chi connectivity index (χ4v) is 1.91. The monoisotopic (exact) mass is 256 g/mol. The Labute approximate surface area is 109 Å². The lowest BCUT2D eigenvalue weighted by atomic mass is 10.2. The van der Waals surface area contributed by atoms with Gasteiger partial charge in [0.15, 0.2) is 0 Å². The molecule has 2 N–H and O–H groups in total. The van der Waals surface area contributed by atoms with Crippen LogP contribution in [-0.4, -0.2) is 28.1 Å². The number of para-hydroxylation sites is 1. The predicted octanol–water partition coefficient (Wildman–Crippen LogP) is 1.09. The van der Waals surface area contributed by atoms with E-state index in [9.17, 15) is 14.7 Å². The summed E-state index contributed by atoms with van der Waals surface area (Å²) in [6.45, 7) is 0.0528. The summed E-state index contributed by atoms with van der Waals surface area (Å²) < 4.78 is 1.46. The number of fused-ring (bicyclic) bond motifs is 1. The minimum atomic E-state index is -1.07. The van der Waals surface area contributed by atoms with Crippen molar-refractivity contribution in [3.05, 3.63) is 36.0 Å². The third-order valence-electron chi connectivity index (χ3n) is 2.72. The van der Waals surface area contributed by atoms with Gasteiger partial charge in [-0.25, -0.2) is 4.79 Å². The zero-order valence-corrected chi connectivity index (χ0v) is 10.1. The quantitative estimate of drug-likeness (QED) is 0.804. The number of carbonyl (C=O) groups is 2. The molecular formula is C14H12N2O3. The number of nitrogens with zero attached hydrogens (tertiary/aromatic N) is 1. The van der Waals surface area contributed by atoms with Gasteiger partial charge in [-0.15, -0.1) is 6.42 Å². The number of hydrogen-bond donors (Lipinski definition) is 2. The summed E-state index contributed by atoms with van der Waals surface area (Å²) in [6, 6.07) is 8.74. The van der Waals surface area contributed by atoms with Crippen LogP contribution in [0, 0.1) is 12.3 Å². The van der Waals surface area contributed by atoms with E-state index in [0.717, 1.165) is 5.39 Å². The molecule has 2 aromatic rings. The lowest BCUT2D eigenvalue weighted by Gasteiger charge is -2.07. The molecule has 0 bridgehead atoms. The first-order chi connectivity index (χ1) is 9.13. The molecule has 0 saturated carbocycles. The van der Waals surface area contributed by atoms with Crippen LogP contribution in [0.3, 0.4) is 0 Å². The van der Waals surface area contributed by atoms with E-state index < -0.39 is 5.97 Å². The summed E-state index contributed by atoms with van der Waals surface area (Å²) in [7, 11) is 0. The molecule has 0 aliphatic heterocycles. The highest BCUT2D eigenvalue weighted by molar-refractivity contribution is 5.95. The van der Waals surface area contributed by atoms with Gasteiger partial charge in [-0.2, -0.15) is 0 Å². The highest BCUT2D eigenvalue weighted by atomic mass is 16.4. The lowest BCUT2D eigenvalue weighted by molar-refractivity contribution is -0.121. The molecule has 5 heteroatoms. The summed E-state index contributed by atoms with van der Waals surface area (Å²) in [5, 5.41) is 12.5. The van der Waals surface area contributed by atoms with Crippen LogP contribution in [0.4, 0.5) is 0 Å². The van der Waals surface area contributed by atoms with Crippen molar-refractivity contribution in [1.29, 1.82) is 0 Å². The Morgan fingerprint density at radius 1 is 1.37 bits per heavy atom. The van der Waals surface area contributed by atoms with E-state index in [0.29, 0.717) is 5.52 Å². The average molecular weight is 256 g/mol. The molecule has 5 nitrogen and oxygen atoms in total. The van der Waals surface area contributed by atoms with Gasteiger partial charge in [-0.3, -0.25) is 4.79 Å². The number of aromatic carboxylic acids is 1. The molecule has 2 rings (SSSR count). The number of amides is 1. The first kappa shape index (κ1) is 12.7. The molecule has 0 radical (unpaired) electrons. The fraction of sp³-hybridized carbons (Fsp3) is 0.143. The normalized spacial score (nSPS) is 10.1. The van der Waals surface area contributed by atoms with E-state index in [1.165, 1.54) is 4.57 Å². The van der Waals surface area contributed by atoms with E-state index in [1.54, 1.807) is 24.3 Å². The summed E-state index contributed by atoms with van der Waals surface area (Å²) in [5.41, 5.74) is 0.785. The Bertz CT molecular complexity index is 680. The second-order valence-electron chi connectivity index (χ2n) is 3.96. The lowest BCUT2D eigenvalue weighted by Crippen LogP contribution is -2.28. The Hall–Kier alpha value is -2.74. The summed E-state index contributed by atoms with van der Waals surface area (Å²) >= 11 is 0. The number of carbonyl (C=O) groups excluding carboxylic acids is 1. The molecule has 19 heavy (non-hydrogen) atoms. The first-order valence-corrected chi connectivity index (χ1v) is 5.65. The second kappa shape index (κ2) is 5.27. The maximum Gasteiger partial charge on any atom is 0.352 e. The van der Waals surface area contributed by atoms with Crippen LogP contribution < -0.4 is 5.32 Å². The van der Waals surface area contributed by atoms with Crippen LogP contribution in [0.1, 0.15) is 10.5 Å². The number of rotatable bonds is 4. The Morgan fingerprint density at radius 2 is 2.11 bits per heavy atom. The molecule has 0 fully saturated rings. The van der Waals surface area contributed by atoms with Gasteiger partial charge in [0.1, 0.15) is 12.2 Å². The van der Waals surface area contributed by atoms with E-state index >= 15 is 0 Å². The van der Waals surface area contributed by atoms with E-state index in [1.807, 2.05) is 6.07 Å². The Morgan fingerprint density at radius 3 is 2.79 bits per heavy atom. The van der Waals surface area contributed by atoms with Crippen LogP contribution in [0.5, 0.6) is 0 Å². The number of carboxylic acids is 1. The molecule has 0 atom stereocenters. The van der Waals surface area contributed by atoms with Gasteiger partial charge in [-0.05, 0) is 12.1 Å². The predicted molar refractivity (Wildman–Crippen MR) is 70.7 cm³/mol. The number of aromatic nitrogens is 1. The number of benzene rings is 1. The second-order valence-corrected chi connectivity index (χ2v) is 3.96. The molecular weight excluding hydrogens is 244 g/mol. The number of carboxylic acid groups (broad SMARTS) is 1. The number of terminal acetylenes is 1. The molecule has 0 spiro atoms. The smallest absolute Gasteiger partial charge is 0.352 e. The molecule has 0 unspecified atom stereocenters. The highest BCUT2D eigenvalue weighted by Crippen LogP contribution is 2.19. The van der Waals surface area contributed by atoms with Crippen molar-refractivity contribution in [2.24, 2.45) is 0 Å². The van der Waals surface area contributed by atoms with Crippen molar-refractivity contribution < 1.29 is 14.7 Å². The molecule has 0 aliphatic carbocycles. The van der Waals surface area contributed by atoms with Gasteiger partial charge >= 0.3 is 5.97 Å². The van der Waals surface area contributed by atoms with Gasteiger partial charge in [0.05, 0.1) is 6.54 Å². The van der Waals surface area contributed by atoms with Gasteiger partial charge < -0.3 is 15.0 Å². The van der Waals surface area contributed by atoms with Crippen molar-refractivity contribution in [3.63, 3.8) is 0 Å². The van der Waals surface area contributed by atoms with Crippen molar-refractivity contribution in [2.45, 2.75) is 6.54 Å². The van der Waals surface area contributed by atoms with Gasteiger partial charge in [0.2, 0.25) is 5.91 Å². The van der Waals surface area contributed by atoms with E-state index in [2.05, 4.69) is 11.2 Å². The van der Waals surface area contributed by atoms with E-state index in [4.69, 9.17) is 6.42 Å². The standard InChI is InChI=1S/C14H12N2O3/c1-2-7-15-13(17)9-16-11-6-4-3-5-10(11)8-12(16)14(18)19/h1,3-6,8H,7,9H2,(H,15,17)(H,18,19). The zero-order chi connectivity index (χ0) is 13.8. The van der Waals surface area contributed by atoms with Crippen molar-refractivity contribution in [2.75, 3.05) is 6.54 Å². The zero-order valence-electron chi connectivity index (χ0n) is 10.1. The molecule has 0 aliphatic rings. The van der Waals surface area contributed by atoms with Gasteiger partial charge in [0.25, 0.3) is 0 Å². The molecule has 1 amide bonds. The van der Waals surface area contributed by atoms with Crippen molar-refractivity contribution in [3.8, 4) is 12.3 Å². The number of hydrogen-bond acceptors (Lipinski definition) is 2. The maximum absolute atomic E-state index is 11.7. The topological polar surface area (TPSA) is 71.3 Å². The minimum absolute atomic E-state index is 0.0726. The Kier molecular flexibility index (Phi) is 3.53. The molecule has 1 heterocycles. The maximum atomic E-state index is 11.7. The molecule has 96 valence electrons. The van der Waals surface area contributed by atoms with Crippen LogP contribution in [-0.2, 0) is 11.3 Å². The van der Waals surface area contributed by atoms with Crippen molar-refractivity contribution in [1.82, 2.24) is 9.88 Å². The van der Waals surface area contributed by atoms with Crippen LogP contribution in [0.25, 0.3) is 10.9 Å². The average Bonchev–Trinajstić information content (AvgIpc) is 2.76. The first-order valence-electron chi connectivity index (χ1n) is 5.65. The minimum Gasteiger partial charge on any atom is -0.477 e. The summed E-state index contributed by atoms with van der Waals surface area (Å²) in [6.07, 6.45) is 5.05. The van der Waals surface area contributed by atoms with Crippen LogP contribution in [0.2, 0.25) is 0 Å².